The van der Waals surface area contributed by atoms with E-state index in [9.17, 15) is 4.79 Å². The number of hydrogen-bond acceptors (Lipinski definition) is 3. The Hall–Kier alpha value is -1.30. The monoisotopic (exact) mass is 216 g/mol. The summed E-state index contributed by atoms with van der Waals surface area (Å²) < 4.78 is 0. The number of nitrogens with two attached hydrogens (primary N) is 3. The Bertz CT molecular complexity index is 226. The second-order valence-corrected chi connectivity index (χ2v) is 3.60. The third-order valence-electron chi connectivity index (χ3n) is 2.13. The molecule has 0 bridgehead atoms. The van der Waals surface area contributed by atoms with Crippen molar-refractivity contribution < 1.29 is 9.90 Å². The normalized spacial score (nSPS) is 14.3. The average molecular weight is 216 g/mol. The fourth-order valence-electron chi connectivity index (χ4n) is 1.39. The Morgan fingerprint density at radius 2 is 2.07 bits per heavy atom. The van der Waals surface area contributed by atoms with Gasteiger partial charge in [0.1, 0.15) is 6.04 Å². The minimum absolute atomic E-state index is 0.0278. The summed E-state index contributed by atoms with van der Waals surface area (Å²) in [7, 11) is 0. The molecule has 0 aliphatic carbocycles. The van der Waals surface area contributed by atoms with Crippen molar-refractivity contribution in [2.24, 2.45) is 28.1 Å². The van der Waals surface area contributed by atoms with Crippen LogP contribution in [0.3, 0.4) is 0 Å². The lowest BCUT2D eigenvalue weighted by Crippen LogP contribution is -2.33. The standard InChI is InChI=1S/C9H20N4O2/c1-2-3-6(5-13-9(11)12)4-7(10)8(14)15/h6-7H,2-5,10H2,1H3,(H,14,15)(H4,11,12,13)/t6?,7-/m0/s1. The Morgan fingerprint density at radius 1 is 1.47 bits per heavy atom. The third kappa shape index (κ3) is 6.73. The van der Waals surface area contributed by atoms with Crippen LogP contribution >= 0.6 is 0 Å². The van der Waals surface area contributed by atoms with Crippen molar-refractivity contribution in [1.29, 1.82) is 0 Å². The molecule has 0 amide bonds. The molecule has 0 aromatic rings. The summed E-state index contributed by atoms with van der Waals surface area (Å²) in [6.45, 7) is 2.46. The number of guanidine groups is 1. The van der Waals surface area contributed by atoms with Crippen LogP contribution in [0.15, 0.2) is 4.99 Å². The zero-order chi connectivity index (χ0) is 11.8. The van der Waals surface area contributed by atoms with Crippen LogP contribution in [-0.4, -0.2) is 29.6 Å². The quantitative estimate of drug-likeness (QED) is 0.336. The van der Waals surface area contributed by atoms with Gasteiger partial charge in [-0.25, -0.2) is 0 Å². The number of aliphatic carboxylic acids is 1. The summed E-state index contributed by atoms with van der Waals surface area (Å²) >= 11 is 0. The second-order valence-electron chi connectivity index (χ2n) is 3.60. The van der Waals surface area contributed by atoms with Gasteiger partial charge in [0.05, 0.1) is 0 Å². The van der Waals surface area contributed by atoms with E-state index < -0.39 is 12.0 Å². The summed E-state index contributed by atoms with van der Waals surface area (Å²) in [5.74, 6) is -0.830. The van der Waals surface area contributed by atoms with Gasteiger partial charge in [0.15, 0.2) is 5.96 Å². The maximum Gasteiger partial charge on any atom is 0.320 e. The third-order valence-corrected chi connectivity index (χ3v) is 2.13. The molecule has 0 aliphatic rings. The van der Waals surface area contributed by atoms with Crippen molar-refractivity contribution in [3.05, 3.63) is 0 Å². The van der Waals surface area contributed by atoms with Crippen molar-refractivity contribution in [2.45, 2.75) is 32.2 Å². The van der Waals surface area contributed by atoms with Gasteiger partial charge in [-0.2, -0.15) is 0 Å². The minimum atomic E-state index is -0.985. The number of aliphatic imine (C=N–C) groups is 1. The lowest BCUT2D eigenvalue weighted by Gasteiger charge is -2.16. The van der Waals surface area contributed by atoms with E-state index in [1.165, 1.54) is 0 Å². The van der Waals surface area contributed by atoms with Crippen LogP contribution in [0, 0.1) is 5.92 Å². The summed E-state index contributed by atoms with van der Waals surface area (Å²) in [5, 5.41) is 8.67. The van der Waals surface area contributed by atoms with Crippen LogP contribution in [0.25, 0.3) is 0 Å². The molecule has 2 atom stereocenters. The number of nitrogens with zero attached hydrogens (tertiary/aromatic N) is 1. The van der Waals surface area contributed by atoms with Crippen molar-refractivity contribution in [3.8, 4) is 0 Å². The zero-order valence-corrected chi connectivity index (χ0v) is 9.02. The topological polar surface area (TPSA) is 128 Å². The molecule has 0 heterocycles. The number of carboxylic acid groups (broad SMARTS) is 1. The molecule has 0 saturated carbocycles. The Balaban J connectivity index is 4.14. The summed E-state index contributed by atoms with van der Waals surface area (Å²) in [5.41, 5.74) is 15.9. The van der Waals surface area contributed by atoms with Gasteiger partial charge in [-0.1, -0.05) is 13.3 Å². The Kier molecular flexibility index (Phi) is 6.44. The van der Waals surface area contributed by atoms with Crippen molar-refractivity contribution in [1.82, 2.24) is 0 Å². The molecule has 0 aliphatic heterocycles. The summed E-state index contributed by atoms with van der Waals surface area (Å²) in [4.78, 5) is 14.4. The van der Waals surface area contributed by atoms with E-state index >= 15 is 0 Å². The van der Waals surface area contributed by atoms with Crippen molar-refractivity contribution >= 4 is 11.9 Å². The first-order valence-corrected chi connectivity index (χ1v) is 5.01. The van der Waals surface area contributed by atoms with E-state index in [2.05, 4.69) is 4.99 Å². The predicted molar refractivity (Wildman–Crippen MR) is 59.3 cm³/mol. The molecule has 15 heavy (non-hydrogen) atoms. The molecular formula is C9H20N4O2. The molecule has 6 heteroatoms. The van der Waals surface area contributed by atoms with Gasteiger partial charge in [-0.05, 0) is 18.8 Å². The van der Waals surface area contributed by atoms with Gasteiger partial charge < -0.3 is 22.3 Å². The van der Waals surface area contributed by atoms with E-state index in [0.717, 1.165) is 12.8 Å². The smallest absolute Gasteiger partial charge is 0.320 e. The van der Waals surface area contributed by atoms with Crippen LogP contribution < -0.4 is 17.2 Å². The number of carboxylic acids is 1. The fraction of sp³-hybridized carbons (Fsp3) is 0.778. The Labute approximate surface area is 89.5 Å². The number of rotatable bonds is 7. The van der Waals surface area contributed by atoms with Crippen LogP contribution in [0.1, 0.15) is 26.2 Å². The molecule has 88 valence electrons. The summed E-state index contributed by atoms with van der Waals surface area (Å²) in [6.07, 6.45) is 2.23. The predicted octanol–water partition coefficient (Wildman–Crippen LogP) is -0.522. The van der Waals surface area contributed by atoms with Crippen molar-refractivity contribution in [2.75, 3.05) is 6.54 Å². The number of hydrogen-bond donors (Lipinski definition) is 4. The van der Waals surface area contributed by atoms with Gasteiger partial charge in [-0.3, -0.25) is 9.79 Å². The van der Waals surface area contributed by atoms with Gasteiger partial charge in [0.25, 0.3) is 0 Å². The summed E-state index contributed by atoms with van der Waals surface area (Å²) in [6, 6.07) is -0.837. The largest absolute Gasteiger partial charge is 0.480 e. The number of carbonyl (C=O) groups is 1. The van der Waals surface area contributed by atoms with E-state index in [1.54, 1.807) is 0 Å². The second kappa shape index (κ2) is 7.05. The lowest BCUT2D eigenvalue weighted by atomic mass is 9.96. The first-order valence-electron chi connectivity index (χ1n) is 5.01. The van der Waals surface area contributed by atoms with Crippen molar-refractivity contribution in [3.63, 3.8) is 0 Å². The highest BCUT2D eigenvalue weighted by Gasteiger charge is 2.17. The van der Waals surface area contributed by atoms with Crippen LogP contribution in [0.4, 0.5) is 0 Å². The van der Waals surface area contributed by atoms with Gasteiger partial charge in [-0.15, -0.1) is 0 Å². The maximum atomic E-state index is 10.6. The molecule has 6 nitrogen and oxygen atoms in total. The van der Waals surface area contributed by atoms with Crippen LogP contribution in [0.2, 0.25) is 0 Å². The van der Waals surface area contributed by atoms with E-state index in [0.29, 0.717) is 13.0 Å². The first kappa shape index (κ1) is 13.7. The van der Waals surface area contributed by atoms with Gasteiger partial charge in [0, 0.05) is 6.54 Å². The van der Waals surface area contributed by atoms with E-state index in [1.807, 2.05) is 6.92 Å². The molecule has 0 radical (unpaired) electrons. The molecule has 0 saturated heterocycles. The molecule has 0 rings (SSSR count). The molecule has 0 fully saturated rings. The molecular weight excluding hydrogens is 196 g/mol. The molecule has 1 unspecified atom stereocenters. The van der Waals surface area contributed by atoms with Gasteiger partial charge >= 0.3 is 5.97 Å². The van der Waals surface area contributed by atoms with Gasteiger partial charge in [0.2, 0.25) is 0 Å². The highest BCUT2D eigenvalue weighted by atomic mass is 16.4. The first-order chi connectivity index (χ1) is 6.97. The average Bonchev–Trinajstić information content (AvgIpc) is 2.14. The molecule has 0 aromatic carbocycles. The van der Waals surface area contributed by atoms with E-state index in [-0.39, 0.29) is 11.9 Å². The molecule has 7 N–H and O–H groups in total. The molecule has 0 spiro atoms. The minimum Gasteiger partial charge on any atom is -0.480 e. The molecule has 0 aromatic heterocycles. The Morgan fingerprint density at radius 3 is 2.47 bits per heavy atom. The fourth-order valence-corrected chi connectivity index (χ4v) is 1.39. The van der Waals surface area contributed by atoms with Crippen LogP contribution in [0.5, 0.6) is 0 Å². The maximum absolute atomic E-state index is 10.6. The lowest BCUT2D eigenvalue weighted by molar-refractivity contribution is -0.138. The highest BCUT2D eigenvalue weighted by molar-refractivity contribution is 5.75. The zero-order valence-electron chi connectivity index (χ0n) is 9.02. The highest BCUT2D eigenvalue weighted by Crippen LogP contribution is 2.13. The van der Waals surface area contributed by atoms with E-state index in [4.69, 9.17) is 22.3 Å². The SMILES string of the molecule is CCCC(CN=C(N)N)C[C@H](N)C(=O)O. The van der Waals surface area contributed by atoms with Crippen LogP contribution in [-0.2, 0) is 4.79 Å².